The van der Waals surface area contributed by atoms with Crippen molar-refractivity contribution in [3.63, 3.8) is 0 Å². The Kier molecular flexibility index (Phi) is 7.03. The Bertz CT molecular complexity index is 408. The van der Waals surface area contributed by atoms with Gasteiger partial charge < -0.3 is 9.64 Å². The summed E-state index contributed by atoms with van der Waals surface area (Å²) in [6.07, 6.45) is 1.25. The Morgan fingerprint density at radius 1 is 1.26 bits per heavy atom. The van der Waals surface area contributed by atoms with E-state index in [0.29, 0.717) is 6.42 Å². The third-order valence-electron chi connectivity index (χ3n) is 2.57. The maximum Gasteiger partial charge on any atom is 0.325 e. The van der Waals surface area contributed by atoms with Crippen LogP contribution in [-0.2, 0) is 14.3 Å². The lowest BCUT2D eigenvalue weighted by molar-refractivity contribution is -0.146. The molecule has 0 N–H and O–H groups in total. The predicted molar refractivity (Wildman–Crippen MR) is 76.1 cm³/mol. The van der Waals surface area contributed by atoms with Gasteiger partial charge in [0.15, 0.2) is 0 Å². The summed E-state index contributed by atoms with van der Waals surface area (Å²) >= 11 is 1.73. The van der Waals surface area contributed by atoms with Gasteiger partial charge in [-0.1, -0.05) is 18.2 Å². The van der Waals surface area contributed by atoms with Crippen LogP contribution in [0.15, 0.2) is 35.2 Å². The van der Waals surface area contributed by atoms with Gasteiger partial charge in [-0.05, 0) is 24.3 Å². The molecule has 0 bridgehead atoms. The van der Waals surface area contributed by atoms with Crippen molar-refractivity contribution in [2.75, 3.05) is 26.5 Å². The minimum Gasteiger partial charge on any atom is -0.468 e. The van der Waals surface area contributed by atoms with E-state index in [2.05, 4.69) is 16.9 Å². The fourth-order valence-electron chi connectivity index (χ4n) is 1.47. The Labute approximate surface area is 118 Å². The molecule has 0 saturated heterocycles. The van der Waals surface area contributed by atoms with Crippen molar-refractivity contribution in [1.82, 2.24) is 4.90 Å². The van der Waals surface area contributed by atoms with Gasteiger partial charge in [0.05, 0.1) is 7.11 Å². The van der Waals surface area contributed by atoms with E-state index in [0.717, 1.165) is 12.2 Å². The number of rotatable bonds is 7. The Morgan fingerprint density at radius 2 is 1.95 bits per heavy atom. The van der Waals surface area contributed by atoms with Gasteiger partial charge in [-0.2, -0.15) is 0 Å². The van der Waals surface area contributed by atoms with Gasteiger partial charge in [-0.15, -0.1) is 11.8 Å². The van der Waals surface area contributed by atoms with Crippen LogP contribution < -0.4 is 0 Å². The molecule has 19 heavy (non-hydrogen) atoms. The minimum absolute atomic E-state index is 0.0150. The van der Waals surface area contributed by atoms with E-state index in [1.807, 2.05) is 18.2 Å². The molecule has 0 atom stereocenters. The van der Waals surface area contributed by atoms with Crippen LogP contribution >= 0.6 is 11.8 Å². The Hall–Kier alpha value is -1.49. The number of amides is 1. The van der Waals surface area contributed by atoms with Crippen LogP contribution in [0.4, 0.5) is 0 Å². The SMILES string of the molecule is COC(=O)CN(C)C(=O)CCCSc1ccccc1. The molecule has 104 valence electrons. The van der Waals surface area contributed by atoms with Crippen molar-refractivity contribution in [3.8, 4) is 0 Å². The van der Waals surface area contributed by atoms with Crippen LogP contribution in [0.25, 0.3) is 0 Å². The third-order valence-corrected chi connectivity index (χ3v) is 3.66. The number of carbonyl (C=O) groups excluding carboxylic acids is 2. The van der Waals surface area contributed by atoms with Gasteiger partial charge in [0, 0.05) is 18.4 Å². The lowest BCUT2D eigenvalue weighted by atomic mass is 10.3. The molecular weight excluding hydrogens is 262 g/mol. The van der Waals surface area contributed by atoms with E-state index in [9.17, 15) is 9.59 Å². The topological polar surface area (TPSA) is 46.6 Å². The maximum atomic E-state index is 11.7. The molecule has 0 fully saturated rings. The van der Waals surface area contributed by atoms with E-state index in [-0.39, 0.29) is 12.5 Å². The molecule has 0 aliphatic carbocycles. The maximum absolute atomic E-state index is 11.7. The highest BCUT2D eigenvalue weighted by Crippen LogP contribution is 2.18. The monoisotopic (exact) mass is 281 g/mol. The average molecular weight is 281 g/mol. The van der Waals surface area contributed by atoms with Gasteiger partial charge in [0.25, 0.3) is 0 Å². The molecule has 4 nitrogen and oxygen atoms in total. The molecule has 0 aromatic heterocycles. The zero-order chi connectivity index (χ0) is 14.1. The van der Waals surface area contributed by atoms with Crippen LogP contribution in [-0.4, -0.2) is 43.2 Å². The number of carbonyl (C=O) groups is 2. The van der Waals surface area contributed by atoms with Crippen molar-refractivity contribution in [1.29, 1.82) is 0 Å². The van der Waals surface area contributed by atoms with Crippen LogP contribution in [0, 0.1) is 0 Å². The number of nitrogens with zero attached hydrogens (tertiary/aromatic N) is 1. The molecule has 0 aliphatic heterocycles. The van der Waals surface area contributed by atoms with Crippen LogP contribution in [0.1, 0.15) is 12.8 Å². The summed E-state index contributed by atoms with van der Waals surface area (Å²) in [5, 5.41) is 0. The lowest BCUT2D eigenvalue weighted by Crippen LogP contribution is -2.32. The first-order valence-electron chi connectivity index (χ1n) is 6.12. The van der Waals surface area contributed by atoms with Crippen LogP contribution in [0.5, 0.6) is 0 Å². The first-order valence-corrected chi connectivity index (χ1v) is 7.10. The van der Waals surface area contributed by atoms with Crippen LogP contribution in [0.3, 0.4) is 0 Å². The predicted octanol–water partition coefficient (Wildman–Crippen LogP) is 2.19. The van der Waals surface area contributed by atoms with Gasteiger partial charge in [-0.3, -0.25) is 9.59 Å². The van der Waals surface area contributed by atoms with Crippen molar-refractivity contribution < 1.29 is 14.3 Å². The smallest absolute Gasteiger partial charge is 0.325 e. The number of ether oxygens (including phenoxy) is 1. The summed E-state index contributed by atoms with van der Waals surface area (Å²) < 4.78 is 4.52. The molecular formula is C14H19NO3S. The molecule has 1 amide bonds. The minimum atomic E-state index is -0.394. The second kappa shape index (κ2) is 8.58. The summed E-state index contributed by atoms with van der Waals surface area (Å²) in [6.45, 7) is 0.0150. The highest BCUT2D eigenvalue weighted by atomic mass is 32.2. The van der Waals surface area contributed by atoms with E-state index >= 15 is 0 Å². The fraction of sp³-hybridized carbons (Fsp3) is 0.429. The first-order chi connectivity index (χ1) is 9.13. The second-order valence-corrected chi connectivity index (χ2v) is 5.26. The summed E-state index contributed by atoms with van der Waals surface area (Å²) in [6, 6.07) is 10.1. The summed E-state index contributed by atoms with van der Waals surface area (Å²) in [7, 11) is 2.93. The zero-order valence-corrected chi connectivity index (χ0v) is 12.1. The molecule has 0 heterocycles. The molecule has 1 aromatic carbocycles. The number of methoxy groups -OCH3 is 1. The van der Waals surface area contributed by atoms with Gasteiger partial charge in [0.2, 0.25) is 5.91 Å². The average Bonchev–Trinajstić information content (AvgIpc) is 2.44. The summed E-state index contributed by atoms with van der Waals surface area (Å²) in [5.41, 5.74) is 0. The first kappa shape index (κ1) is 15.6. The van der Waals surface area contributed by atoms with E-state index in [1.165, 1.54) is 16.9 Å². The Balaban J connectivity index is 2.18. The number of benzene rings is 1. The molecule has 1 rings (SSSR count). The van der Waals surface area contributed by atoms with Gasteiger partial charge in [0.1, 0.15) is 6.54 Å². The second-order valence-electron chi connectivity index (χ2n) is 4.09. The molecule has 0 radical (unpaired) electrons. The molecule has 0 aliphatic rings. The van der Waals surface area contributed by atoms with E-state index in [1.54, 1.807) is 18.8 Å². The van der Waals surface area contributed by atoms with Crippen LogP contribution in [0.2, 0.25) is 0 Å². The molecule has 0 spiro atoms. The number of esters is 1. The largest absolute Gasteiger partial charge is 0.468 e. The summed E-state index contributed by atoms with van der Waals surface area (Å²) in [4.78, 5) is 25.3. The molecule has 0 saturated carbocycles. The van der Waals surface area contributed by atoms with Crippen molar-refractivity contribution in [2.45, 2.75) is 17.7 Å². The van der Waals surface area contributed by atoms with Crippen molar-refractivity contribution >= 4 is 23.6 Å². The van der Waals surface area contributed by atoms with Gasteiger partial charge >= 0.3 is 5.97 Å². The third kappa shape index (κ3) is 6.29. The van der Waals surface area contributed by atoms with Gasteiger partial charge in [-0.25, -0.2) is 0 Å². The number of hydrogen-bond acceptors (Lipinski definition) is 4. The molecule has 0 unspecified atom stereocenters. The highest BCUT2D eigenvalue weighted by molar-refractivity contribution is 7.99. The normalized spacial score (nSPS) is 10.0. The zero-order valence-electron chi connectivity index (χ0n) is 11.3. The fourth-order valence-corrected chi connectivity index (χ4v) is 2.34. The number of hydrogen-bond donors (Lipinski definition) is 0. The molecule has 5 heteroatoms. The number of thioether (sulfide) groups is 1. The van der Waals surface area contributed by atoms with Crippen molar-refractivity contribution in [2.24, 2.45) is 0 Å². The quantitative estimate of drug-likeness (QED) is 0.437. The highest BCUT2D eigenvalue weighted by Gasteiger charge is 2.12. The number of likely N-dealkylation sites (N-methyl/N-ethyl adjacent to an activating group) is 1. The van der Waals surface area contributed by atoms with E-state index in [4.69, 9.17) is 0 Å². The van der Waals surface area contributed by atoms with E-state index < -0.39 is 5.97 Å². The Morgan fingerprint density at radius 3 is 2.58 bits per heavy atom. The summed E-state index contributed by atoms with van der Waals surface area (Å²) in [5.74, 6) is 0.468. The molecule has 1 aromatic rings. The lowest BCUT2D eigenvalue weighted by Gasteiger charge is -2.15. The van der Waals surface area contributed by atoms with Crippen molar-refractivity contribution in [3.05, 3.63) is 30.3 Å². The standard InChI is InChI=1S/C14H19NO3S/c1-15(11-14(17)18-2)13(16)9-6-10-19-12-7-4-3-5-8-12/h3-5,7-8H,6,9-11H2,1-2H3.